The van der Waals surface area contributed by atoms with Crippen molar-refractivity contribution in [2.45, 2.75) is 19.1 Å². The molecule has 0 aliphatic carbocycles. The zero-order valence-corrected chi connectivity index (χ0v) is 19.1. The molecule has 0 N–H and O–H groups in total. The molecule has 2 aliphatic heterocycles. The van der Waals surface area contributed by atoms with E-state index in [4.69, 9.17) is 16.4 Å². The summed E-state index contributed by atoms with van der Waals surface area (Å²) in [7, 11) is 0. The lowest BCUT2D eigenvalue weighted by Gasteiger charge is -2.29. The topological polar surface area (TPSA) is 49.9 Å². The third kappa shape index (κ3) is 3.12. The Morgan fingerprint density at radius 3 is 2.32 bits per heavy atom. The van der Waals surface area contributed by atoms with Crippen LogP contribution in [-0.2, 0) is 14.4 Å². The van der Waals surface area contributed by atoms with Gasteiger partial charge in [-0.2, -0.15) is 0 Å². The van der Waals surface area contributed by atoms with Crippen LogP contribution in [0, 0.1) is 12.8 Å². The van der Waals surface area contributed by atoms with Crippen LogP contribution in [0.25, 0.3) is 10.8 Å². The second-order valence-corrected chi connectivity index (χ2v) is 9.08. The maximum atomic E-state index is 13.8. The van der Waals surface area contributed by atoms with E-state index in [1.807, 2.05) is 85.8 Å². The summed E-state index contributed by atoms with van der Waals surface area (Å²) in [6.45, 7) is 1.88. The first-order valence-corrected chi connectivity index (χ1v) is 11.5. The number of fused-ring (bicyclic) bond motifs is 2. The average Bonchev–Trinajstić information content (AvgIpc) is 3.37. The van der Waals surface area contributed by atoms with E-state index in [1.54, 1.807) is 17.2 Å². The summed E-state index contributed by atoms with van der Waals surface area (Å²) in [5, 5.41) is 4.33. The number of hydroxylamine groups is 1. The van der Waals surface area contributed by atoms with Gasteiger partial charge in [-0.05, 0) is 53.1 Å². The molecule has 2 amide bonds. The van der Waals surface area contributed by atoms with Gasteiger partial charge in [-0.3, -0.25) is 14.4 Å². The van der Waals surface area contributed by atoms with Gasteiger partial charge in [-0.1, -0.05) is 78.3 Å². The number of benzene rings is 4. The fourth-order valence-corrected chi connectivity index (χ4v) is 5.19. The van der Waals surface area contributed by atoms with Crippen LogP contribution < -0.4 is 9.96 Å². The van der Waals surface area contributed by atoms with E-state index in [0.717, 1.165) is 27.6 Å². The predicted molar refractivity (Wildman–Crippen MR) is 133 cm³/mol. The molecule has 6 rings (SSSR count). The van der Waals surface area contributed by atoms with E-state index in [-0.39, 0.29) is 11.8 Å². The summed E-state index contributed by atoms with van der Waals surface area (Å²) >= 11 is 6.31. The molecule has 0 saturated carbocycles. The van der Waals surface area contributed by atoms with Gasteiger partial charge in [-0.15, -0.1) is 0 Å². The number of carbonyl (C=O) groups is 2. The normalized spacial score (nSPS) is 22.0. The number of hydrogen-bond donors (Lipinski definition) is 0. The van der Waals surface area contributed by atoms with Gasteiger partial charge >= 0.3 is 0 Å². The maximum Gasteiger partial charge on any atom is 0.266 e. The summed E-state index contributed by atoms with van der Waals surface area (Å²) in [6, 6.07) is 28.4. The van der Waals surface area contributed by atoms with E-state index >= 15 is 0 Å². The highest BCUT2D eigenvalue weighted by molar-refractivity contribution is 6.32. The van der Waals surface area contributed by atoms with Gasteiger partial charge in [0.15, 0.2) is 6.10 Å². The summed E-state index contributed by atoms with van der Waals surface area (Å²) in [4.78, 5) is 34.9. The number of carbonyl (C=O) groups excluding carboxylic acids is 2. The molecule has 0 radical (unpaired) electrons. The first-order valence-electron chi connectivity index (χ1n) is 11.2. The first kappa shape index (κ1) is 20.9. The van der Waals surface area contributed by atoms with Crippen molar-refractivity contribution in [2.24, 2.45) is 5.92 Å². The number of rotatable bonds is 3. The SMILES string of the molecule is Cc1ccc(N2C(=O)[C@@H]3[C@@H](ON(c4ccccc4)[C@H]3c3cccc4ccccc34)C2=O)cc1Cl. The number of hydrogen-bond acceptors (Lipinski definition) is 4. The van der Waals surface area contributed by atoms with E-state index in [1.165, 1.54) is 4.90 Å². The molecule has 0 aromatic heterocycles. The van der Waals surface area contributed by atoms with Crippen molar-refractivity contribution in [3.05, 3.63) is 107 Å². The van der Waals surface area contributed by atoms with Crippen molar-refractivity contribution < 1.29 is 14.4 Å². The van der Waals surface area contributed by atoms with Crippen LogP contribution in [0.4, 0.5) is 11.4 Å². The van der Waals surface area contributed by atoms with Crippen LogP contribution in [0.1, 0.15) is 17.2 Å². The lowest BCUT2D eigenvalue weighted by Crippen LogP contribution is -2.37. The molecule has 168 valence electrons. The number of halogens is 1. The summed E-state index contributed by atoms with van der Waals surface area (Å²) < 4.78 is 0. The Balaban J connectivity index is 1.50. The van der Waals surface area contributed by atoms with Crippen LogP contribution in [0.2, 0.25) is 5.02 Å². The number of nitrogens with zero attached hydrogens (tertiary/aromatic N) is 2. The van der Waals surface area contributed by atoms with Gasteiger partial charge in [0, 0.05) is 5.02 Å². The monoisotopic (exact) mass is 468 g/mol. The van der Waals surface area contributed by atoms with Crippen molar-refractivity contribution in [3.63, 3.8) is 0 Å². The van der Waals surface area contributed by atoms with Crippen molar-refractivity contribution in [3.8, 4) is 0 Å². The third-order valence-electron chi connectivity index (χ3n) is 6.68. The molecule has 5 nitrogen and oxygen atoms in total. The van der Waals surface area contributed by atoms with Gasteiger partial charge in [0.2, 0.25) is 5.91 Å². The Morgan fingerprint density at radius 1 is 0.794 bits per heavy atom. The number of imide groups is 1. The zero-order valence-electron chi connectivity index (χ0n) is 18.4. The zero-order chi connectivity index (χ0) is 23.4. The molecule has 6 heteroatoms. The van der Waals surface area contributed by atoms with Crippen molar-refractivity contribution in [2.75, 3.05) is 9.96 Å². The Labute approximate surface area is 202 Å². The first-order chi connectivity index (χ1) is 16.5. The second-order valence-electron chi connectivity index (χ2n) is 8.67. The highest BCUT2D eigenvalue weighted by Crippen LogP contribution is 2.49. The Bertz CT molecular complexity index is 1430. The molecule has 2 saturated heterocycles. The lowest BCUT2D eigenvalue weighted by molar-refractivity contribution is -0.126. The third-order valence-corrected chi connectivity index (χ3v) is 7.09. The maximum absolute atomic E-state index is 13.8. The minimum atomic E-state index is -0.920. The van der Waals surface area contributed by atoms with Crippen molar-refractivity contribution in [1.29, 1.82) is 0 Å². The molecule has 4 aromatic carbocycles. The van der Waals surface area contributed by atoms with E-state index < -0.39 is 18.1 Å². The van der Waals surface area contributed by atoms with Crippen LogP contribution in [0.3, 0.4) is 0 Å². The standard InChI is InChI=1S/C28H21ClN2O3/c1-17-14-15-20(16-23(17)29)30-27(32)24-25(22-13-7-9-18-8-5-6-12-21(18)22)31(34-26(24)28(30)33)19-10-3-2-4-11-19/h2-16,24-26H,1H3/t24-,25-,26+/m0/s1. The van der Waals surface area contributed by atoms with Crippen LogP contribution >= 0.6 is 11.6 Å². The molecule has 0 unspecified atom stereocenters. The van der Waals surface area contributed by atoms with Crippen LogP contribution in [-0.4, -0.2) is 17.9 Å². The van der Waals surface area contributed by atoms with Gasteiger partial charge < -0.3 is 0 Å². The quantitative estimate of drug-likeness (QED) is 0.354. The molecular formula is C28H21ClN2O3. The van der Waals surface area contributed by atoms with Gasteiger partial charge in [0.1, 0.15) is 5.92 Å². The van der Waals surface area contributed by atoms with Crippen LogP contribution in [0.15, 0.2) is 91.0 Å². The fraction of sp³-hybridized carbons (Fsp3) is 0.143. The molecule has 2 heterocycles. The van der Waals surface area contributed by atoms with Gasteiger partial charge in [-0.25, -0.2) is 9.96 Å². The lowest BCUT2D eigenvalue weighted by atomic mass is 9.87. The van der Waals surface area contributed by atoms with E-state index in [0.29, 0.717) is 10.7 Å². The molecular weight excluding hydrogens is 448 g/mol. The fourth-order valence-electron chi connectivity index (χ4n) is 5.01. The van der Waals surface area contributed by atoms with E-state index in [9.17, 15) is 9.59 Å². The summed E-state index contributed by atoms with van der Waals surface area (Å²) in [5.41, 5.74) is 3.08. The minimum absolute atomic E-state index is 0.286. The Morgan fingerprint density at radius 2 is 1.53 bits per heavy atom. The number of aryl methyl sites for hydroxylation is 1. The average molecular weight is 469 g/mol. The highest BCUT2D eigenvalue weighted by Gasteiger charge is 2.60. The summed E-state index contributed by atoms with van der Waals surface area (Å²) in [6.07, 6.45) is -0.920. The van der Waals surface area contributed by atoms with E-state index in [2.05, 4.69) is 0 Å². The molecule has 2 fully saturated rings. The number of anilines is 2. The molecule has 34 heavy (non-hydrogen) atoms. The number of para-hydroxylation sites is 1. The highest BCUT2D eigenvalue weighted by atomic mass is 35.5. The Hall–Kier alpha value is -3.67. The van der Waals surface area contributed by atoms with Crippen LogP contribution in [0.5, 0.6) is 0 Å². The molecule has 3 atom stereocenters. The van der Waals surface area contributed by atoms with Gasteiger partial charge in [0.05, 0.1) is 17.4 Å². The van der Waals surface area contributed by atoms with Crippen molar-refractivity contribution >= 4 is 45.6 Å². The summed E-state index contributed by atoms with van der Waals surface area (Å²) in [5.74, 6) is -1.36. The number of amides is 2. The second kappa shape index (κ2) is 7.97. The largest absolute Gasteiger partial charge is 0.273 e. The predicted octanol–water partition coefficient (Wildman–Crippen LogP) is 5.85. The Kier molecular flexibility index (Phi) is 4.90. The van der Waals surface area contributed by atoms with Gasteiger partial charge in [0.25, 0.3) is 5.91 Å². The molecule has 4 aromatic rings. The minimum Gasteiger partial charge on any atom is -0.273 e. The molecule has 0 spiro atoms. The van der Waals surface area contributed by atoms with Crippen molar-refractivity contribution in [1.82, 2.24) is 0 Å². The molecule has 0 bridgehead atoms. The molecule has 2 aliphatic rings. The smallest absolute Gasteiger partial charge is 0.266 e.